The van der Waals surface area contributed by atoms with Gasteiger partial charge >= 0.3 is 0 Å². The van der Waals surface area contributed by atoms with Gasteiger partial charge in [-0.3, -0.25) is 0 Å². The van der Waals surface area contributed by atoms with Gasteiger partial charge in [0.2, 0.25) is 0 Å². The van der Waals surface area contributed by atoms with Gasteiger partial charge in [-0.2, -0.15) is 0 Å². The number of nitrogens with zero attached hydrogens (tertiary/aromatic N) is 1. The first-order valence-corrected chi connectivity index (χ1v) is 11.7. The Kier molecular flexibility index (Phi) is 6.27. The van der Waals surface area contributed by atoms with Crippen LogP contribution in [0.2, 0.25) is 0 Å². The van der Waals surface area contributed by atoms with Crippen LogP contribution in [0.4, 0.5) is 4.39 Å². The summed E-state index contributed by atoms with van der Waals surface area (Å²) in [5.41, 5.74) is 2.87. The quantitative estimate of drug-likeness (QED) is 0.536. The lowest BCUT2D eigenvalue weighted by Gasteiger charge is -2.19. The number of aryl methyl sites for hydroxylation is 1. The first kappa shape index (κ1) is 21.3. The summed E-state index contributed by atoms with van der Waals surface area (Å²) in [5.74, 6) is 0.496. The number of rotatable bonds is 7. The van der Waals surface area contributed by atoms with Crippen molar-refractivity contribution in [3.05, 3.63) is 65.0 Å². The zero-order valence-electron chi connectivity index (χ0n) is 17.1. The standard InChI is InChI=1S/C22H28FN3O2S/c1-4-24-21(25-14-17-5-10-20(16(2)13-17)29(3,27)28)26-15-22(11-12-22)18-6-8-19(23)9-7-18/h5-10,13H,4,11-12,14-15H2,1-3H3,(H2,24,25,26). The van der Waals surface area contributed by atoms with E-state index in [0.29, 0.717) is 17.4 Å². The molecule has 156 valence electrons. The van der Waals surface area contributed by atoms with Crippen molar-refractivity contribution < 1.29 is 12.8 Å². The van der Waals surface area contributed by atoms with Crippen molar-refractivity contribution in [1.82, 2.24) is 10.6 Å². The fourth-order valence-electron chi connectivity index (χ4n) is 3.51. The molecule has 2 N–H and O–H groups in total. The predicted molar refractivity (Wildman–Crippen MR) is 114 cm³/mol. The number of halogens is 1. The predicted octanol–water partition coefficient (Wildman–Crippen LogP) is 3.32. The van der Waals surface area contributed by atoms with Crippen LogP contribution in [-0.4, -0.2) is 33.7 Å². The molecule has 0 aliphatic heterocycles. The average molecular weight is 418 g/mol. The van der Waals surface area contributed by atoms with Crippen molar-refractivity contribution >= 4 is 15.8 Å². The first-order valence-electron chi connectivity index (χ1n) is 9.81. The van der Waals surface area contributed by atoms with E-state index in [4.69, 9.17) is 0 Å². The summed E-state index contributed by atoms with van der Waals surface area (Å²) < 4.78 is 36.7. The zero-order valence-corrected chi connectivity index (χ0v) is 17.9. The Morgan fingerprint density at radius 2 is 1.83 bits per heavy atom. The third kappa shape index (κ3) is 5.35. The molecule has 29 heavy (non-hydrogen) atoms. The van der Waals surface area contributed by atoms with Gasteiger partial charge in [0.1, 0.15) is 5.82 Å². The van der Waals surface area contributed by atoms with E-state index in [1.807, 2.05) is 25.1 Å². The van der Waals surface area contributed by atoms with Gasteiger partial charge in [-0.05, 0) is 61.6 Å². The highest BCUT2D eigenvalue weighted by Crippen LogP contribution is 2.47. The number of guanidine groups is 1. The van der Waals surface area contributed by atoms with Gasteiger partial charge in [0.05, 0.1) is 11.4 Å². The molecule has 1 aliphatic rings. The molecule has 5 nitrogen and oxygen atoms in total. The molecule has 2 aromatic rings. The van der Waals surface area contributed by atoms with Crippen LogP contribution < -0.4 is 10.6 Å². The molecular weight excluding hydrogens is 389 g/mol. The number of hydrogen-bond donors (Lipinski definition) is 2. The molecule has 0 amide bonds. The Morgan fingerprint density at radius 3 is 2.38 bits per heavy atom. The maximum absolute atomic E-state index is 13.2. The van der Waals surface area contributed by atoms with Crippen LogP contribution >= 0.6 is 0 Å². The molecule has 2 aromatic carbocycles. The van der Waals surface area contributed by atoms with Gasteiger partial charge in [0.25, 0.3) is 0 Å². The molecule has 0 radical (unpaired) electrons. The van der Waals surface area contributed by atoms with Crippen molar-refractivity contribution in [3.63, 3.8) is 0 Å². The molecule has 0 aromatic heterocycles. The van der Waals surface area contributed by atoms with E-state index in [0.717, 1.165) is 42.6 Å². The van der Waals surface area contributed by atoms with Gasteiger partial charge < -0.3 is 10.6 Å². The number of nitrogens with one attached hydrogen (secondary N) is 2. The average Bonchev–Trinajstić information content (AvgIpc) is 3.44. The molecule has 0 bridgehead atoms. The Labute approximate surface area is 172 Å². The SMILES string of the molecule is CCNC(=NCc1ccc(S(C)(=O)=O)c(C)c1)NCC1(c2ccc(F)cc2)CC1. The number of hydrogen-bond acceptors (Lipinski definition) is 3. The maximum atomic E-state index is 13.2. The molecule has 3 rings (SSSR count). The minimum atomic E-state index is -3.22. The topological polar surface area (TPSA) is 70.6 Å². The monoisotopic (exact) mass is 417 g/mol. The first-order chi connectivity index (χ1) is 13.7. The Bertz CT molecular complexity index is 997. The second-order valence-electron chi connectivity index (χ2n) is 7.71. The molecule has 0 spiro atoms. The molecule has 0 saturated heterocycles. The largest absolute Gasteiger partial charge is 0.357 e. The fraction of sp³-hybridized carbons (Fsp3) is 0.409. The second-order valence-corrected chi connectivity index (χ2v) is 9.69. The van der Waals surface area contributed by atoms with E-state index in [-0.39, 0.29) is 11.2 Å². The number of benzene rings is 2. The lowest BCUT2D eigenvalue weighted by molar-refractivity contribution is 0.601. The summed E-state index contributed by atoms with van der Waals surface area (Å²) >= 11 is 0. The molecular formula is C22H28FN3O2S. The minimum absolute atomic E-state index is 0.0393. The Hall–Kier alpha value is -2.41. The van der Waals surface area contributed by atoms with Crippen LogP contribution in [-0.2, 0) is 21.8 Å². The van der Waals surface area contributed by atoms with Crippen LogP contribution in [0.15, 0.2) is 52.4 Å². The lowest BCUT2D eigenvalue weighted by Crippen LogP contribution is -2.41. The highest BCUT2D eigenvalue weighted by Gasteiger charge is 2.44. The van der Waals surface area contributed by atoms with Crippen molar-refractivity contribution in [2.24, 2.45) is 4.99 Å². The van der Waals surface area contributed by atoms with Crippen molar-refractivity contribution in [3.8, 4) is 0 Å². The third-order valence-electron chi connectivity index (χ3n) is 5.31. The van der Waals surface area contributed by atoms with Crippen LogP contribution in [0.1, 0.15) is 36.5 Å². The van der Waals surface area contributed by atoms with Gasteiger partial charge in [0.15, 0.2) is 15.8 Å². The van der Waals surface area contributed by atoms with E-state index >= 15 is 0 Å². The van der Waals surface area contributed by atoms with Crippen LogP contribution in [0.5, 0.6) is 0 Å². The lowest BCUT2D eigenvalue weighted by atomic mass is 9.96. The zero-order chi connectivity index (χ0) is 21.1. The number of aliphatic imine (C=N–C) groups is 1. The number of sulfone groups is 1. The molecule has 7 heteroatoms. The van der Waals surface area contributed by atoms with Gasteiger partial charge in [-0.15, -0.1) is 0 Å². The van der Waals surface area contributed by atoms with Crippen molar-refractivity contribution in [1.29, 1.82) is 0 Å². The summed E-state index contributed by atoms with van der Waals surface area (Å²) in [6.07, 6.45) is 3.35. The summed E-state index contributed by atoms with van der Waals surface area (Å²) in [7, 11) is -3.22. The van der Waals surface area contributed by atoms with E-state index in [2.05, 4.69) is 15.6 Å². The Balaban J connectivity index is 1.67. The highest BCUT2D eigenvalue weighted by atomic mass is 32.2. The third-order valence-corrected chi connectivity index (χ3v) is 6.56. The van der Waals surface area contributed by atoms with E-state index in [1.165, 1.54) is 18.4 Å². The summed E-state index contributed by atoms with van der Waals surface area (Å²) in [4.78, 5) is 4.99. The van der Waals surface area contributed by atoms with E-state index in [9.17, 15) is 12.8 Å². The molecule has 0 heterocycles. The normalized spacial score (nSPS) is 15.8. The van der Waals surface area contributed by atoms with E-state index < -0.39 is 9.84 Å². The molecule has 1 saturated carbocycles. The Morgan fingerprint density at radius 1 is 1.14 bits per heavy atom. The summed E-state index contributed by atoms with van der Waals surface area (Å²) in [6.45, 7) is 5.73. The molecule has 1 fully saturated rings. The van der Waals surface area contributed by atoms with Crippen LogP contribution in [0, 0.1) is 12.7 Å². The summed E-state index contributed by atoms with van der Waals surface area (Å²) in [5, 5.41) is 6.65. The van der Waals surface area contributed by atoms with Crippen LogP contribution in [0.3, 0.4) is 0 Å². The minimum Gasteiger partial charge on any atom is -0.357 e. The fourth-order valence-corrected chi connectivity index (χ4v) is 4.47. The van der Waals surface area contributed by atoms with Gasteiger partial charge in [-0.25, -0.2) is 17.8 Å². The highest BCUT2D eigenvalue weighted by molar-refractivity contribution is 7.90. The molecule has 1 aliphatic carbocycles. The smallest absolute Gasteiger partial charge is 0.191 e. The molecule has 0 atom stereocenters. The van der Waals surface area contributed by atoms with Gasteiger partial charge in [-0.1, -0.05) is 24.3 Å². The summed E-state index contributed by atoms with van der Waals surface area (Å²) in [6, 6.07) is 12.1. The van der Waals surface area contributed by atoms with Gasteiger partial charge in [0, 0.05) is 24.8 Å². The van der Waals surface area contributed by atoms with Crippen LogP contribution in [0.25, 0.3) is 0 Å². The van der Waals surface area contributed by atoms with Crippen molar-refractivity contribution in [2.75, 3.05) is 19.3 Å². The maximum Gasteiger partial charge on any atom is 0.191 e. The second kappa shape index (κ2) is 8.53. The van der Waals surface area contributed by atoms with E-state index in [1.54, 1.807) is 19.1 Å². The molecule has 0 unspecified atom stereocenters. The van der Waals surface area contributed by atoms with Crippen molar-refractivity contribution in [2.45, 2.75) is 43.5 Å².